The number of anilines is 3. The summed E-state index contributed by atoms with van der Waals surface area (Å²) in [5, 5.41) is 8.07. The molecule has 0 saturated heterocycles. The number of hydrogen-bond donors (Lipinski definition) is 3. The summed E-state index contributed by atoms with van der Waals surface area (Å²) in [5.74, 6) is -0.511. The number of nitrogens with one attached hydrogen (secondary N) is 3. The van der Waals surface area contributed by atoms with E-state index < -0.39 is 17.7 Å². The largest absolute Gasteiger partial charge is 0.307 e. The second-order valence-electron chi connectivity index (χ2n) is 8.32. The van der Waals surface area contributed by atoms with Crippen LogP contribution in [-0.4, -0.2) is 32.7 Å². The maximum atomic E-state index is 13.0. The van der Waals surface area contributed by atoms with E-state index in [1.54, 1.807) is 36.8 Å². The van der Waals surface area contributed by atoms with Crippen LogP contribution in [-0.2, 0) is 0 Å². The summed E-state index contributed by atoms with van der Waals surface area (Å²) in [5.41, 5.74) is 3.18. The van der Waals surface area contributed by atoms with E-state index in [2.05, 4.69) is 30.9 Å². The molecule has 0 unspecified atom stereocenters. The number of pyridine rings is 3. The van der Waals surface area contributed by atoms with Crippen molar-refractivity contribution in [3.63, 3.8) is 0 Å². The minimum atomic E-state index is -0.517. The highest BCUT2D eigenvalue weighted by Crippen LogP contribution is 2.17. The molecule has 3 N–H and O–H groups in total. The van der Waals surface area contributed by atoms with Gasteiger partial charge in [-0.25, -0.2) is 15.0 Å². The van der Waals surface area contributed by atoms with Crippen molar-refractivity contribution >= 4 is 35.2 Å². The Balaban J connectivity index is 1.64. The zero-order valence-electron chi connectivity index (χ0n) is 20.0. The second-order valence-corrected chi connectivity index (χ2v) is 8.32. The monoisotopic (exact) mass is 480 g/mol. The van der Waals surface area contributed by atoms with Crippen LogP contribution in [0.1, 0.15) is 47.8 Å². The molecule has 9 heteroatoms. The van der Waals surface area contributed by atoms with Crippen molar-refractivity contribution in [1.29, 1.82) is 0 Å². The van der Waals surface area contributed by atoms with E-state index in [1.165, 1.54) is 18.2 Å². The van der Waals surface area contributed by atoms with Gasteiger partial charge >= 0.3 is 0 Å². The number of nitrogens with zero attached hydrogens (tertiary/aromatic N) is 3. The Bertz CT molecular complexity index is 1230. The molecular weight excluding hydrogens is 456 g/mol. The summed E-state index contributed by atoms with van der Waals surface area (Å²) in [6.45, 7) is 5.66. The zero-order chi connectivity index (χ0) is 25.7. The SMILES string of the molecule is Cc1ccc(NC(=O)c2cc(C(=O)Nc3ccc(C)cn3)cc(C(=O)Nc3ccc(C)cn3)c2)nc1. The van der Waals surface area contributed by atoms with Crippen LogP contribution in [0.15, 0.2) is 73.2 Å². The van der Waals surface area contributed by atoms with E-state index in [0.29, 0.717) is 17.5 Å². The molecule has 4 aromatic rings. The first kappa shape index (κ1) is 24.2. The second kappa shape index (κ2) is 10.6. The quantitative estimate of drug-likeness (QED) is 0.372. The highest BCUT2D eigenvalue weighted by molar-refractivity contribution is 6.12. The number of aromatic nitrogens is 3. The maximum Gasteiger partial charge on any atom is 0.256 e. The molecule has 1 aromatic carbocycles. The molecule has 0 aliphatic rings. The van der Waals surface area contributed by atoms with E-state index in [-0.39, 0.29) is 16.7 Å². The molecule has 0 fully saturated rings. The lowest BCUT2D eigenvalue weighted by molar-refractivity contribution is 0.102. The van der Waals surface area contributed by atoms with Crippen LogP contribution >= 0.6 is 0 Å². The molecule has 180 valence electrons. The van der Waals surface area contributed by atoms with Crippen LogP contribution in [0.3, 0.4) is 0 Å². The molecule has 9 nitrogen and oxygen atoms in total. The third-order valence-electron chi connectivity index (χ3n) is 5.18. The molecule has 0 saturated carbocycles. The lowest BCUT2D eigenvalue weighted by Crippen LogP contribution is -2.20. The van der Waals surface area contributed by atoms with Crippen LogP contribution in [0.25, 0.3) is 0 Å². The van der Waals surface area contributed by atoms with Crippen molar-refractivity contribution in [2.24, 2.45) is 0 Å². The van der Waals surface area contributed by atoms with Gasteiger partial charge in [-0.15, -0.1) is 0 Å². The number of amides is 3. The van der Waals surface area contributed by atoms with Gasteiger partial charge in [0.2, 0.25) is 0 Å². The standard InChI is InChI=1S/C27H24N6O3/c1-16-4-7-22(28-13-16)31-25(34)19-10-20(26(35)32-23-8-5-17(2)14-29-23)12-21(11-19)27(36)33-24-9-6-18(3)15-30-24/h4-15H,1-3H3,(H,28,31,34)(H,29,32,35)(H,30,33,36). The van der Waals surface area contributed by atoms with E-state index in [4.69, 9.17) is 0 Å². The molecule has 36 heavy (non-hydrogen) atoms. The Morgan fingerprint density at radius 3 is 1.00 bits per heavy atom. The van der Waals surface area contributed by atoms with Crippen molar-refractivity contribution in [1.82, 2.24) is 15.0 Å². The van der Waals surface area contributed by atoms with Gasteiger partial charge in [-0.3, -0.25) is 14.4 Å². The van der Waals surface area contributed by atoms with Crippen molar-refractivity contribution in [3.8, 4) is 0 Å². The Morgan fingerprint density at radius 1 is 0.500 bits per heavy atom. The average molecular weight is 481 g/mol. The molecule has 0 bridgehead atoms. The Labute approximate surface area is 208 Å². The van der Waals surface area contributed by atoms with E-state index in [1.807, 2.05) is 39.0 Å². The summed E-state index contributed by atoms with van der Waals surface area (Å²) in [7, 11) is 0. The lowest BCUT2D eigenvalue weighted by atomic mass is 10.0. The van der Waals surface area contributed by atoms with Crippen LogP contribution in [0, 0.1) is 20.8 Å². The first-order chi connectivity index (χ1) is 17.3. The van der Waals surface area contributed by atoms with E-state index in [9.17, 15) is 14.4 Å². The van der Waals surface area contributed by atoms with Gasteiger partial charge in [0, 0.05) is 35.3 Å². The van der Waals surface area contributed by atoms with Crippen LogP contribution in [0.5, 0.6) is 0 Å². The van der Waals surface area contributed by atoms with Gasteiger partial charge in [-0.05, 0) is 73.9 Å². The van der Waals surface area contributed by atoms with Crippen LogP contribution in [0.4, 0.5) is 17.5 Å². The van der Waals surface area contributed by atoms with Gasteiger partial charge in [0.25, 0.3) is 17.7 Å². The molecule has 4 rings (SSSR count). The molecule has 0 atom stereocenters. The van der Waals surface area contributed by atoms with Gasteiger partial charge in [0.1, 0.15) is 17.5 Å². The predicted octanol–water partition coefficient (Wildman–Crippen LogP) is 4.55. The normalized spacial score (nSPS) is 10.4. The lowest BCUT2D eigenvalue weighted by Gasteiger charge is -2.11. The smallest absolute Gasteiger partial charge is 0.256 e. The van der Waals surface area contributed by atoms with Crippen molar-refractivity contribution in [3.05, 3.63) is 107 Å². The highest BCUT2D eigenvalue weighted by atomic mass is 16.2. The number of hydrogen-bond acceptors (Lipinski definition) is 6. The number of aryl methyl sites for hydroxylation is 3. The molecule has 0 aliphatic carbocycles. The van der Waals surface area contributed by atoms with Crippen molar-refractivity contribution < 1.29 is 14.4 Å². The van der Waals surface area contributed by atoms with Gasteiger partial charge in [-0.2, -0.15) is 0 Å². The minimum Gasteiger partial charge on any atom is -0.307 e. The third-order valence-corrected chi connectivity index (χ3v) is 5.18. The Morgan fingerprint density at radius 2 is 0.778 bits per heavy atom. The third kappa shape index (κ3) is 6.15. The topological polar surface area (TPSA) is 126 Å². The molecule has 0 aliphatic heterocycles. The fourth-order valence-corrected chi connectivity index (χ4v) is 3.21. The van der Waals surface area contributed by atoms with Gasteiger partial charge in [0.15, 0.2) is 0 Å². The van der Waals surface area contributed by atoms with Gasteiger partial charge < -0.3 is 16.0 Å². The number of rotatable bonds is 6. The summed E-state index contributed by atoms with van der Waals surface area (Å²) < 4.78 is 0. The predicted molar refractivity (Wildman–Crippen MR) is 137 cm³/mol. The molecule has 0 spiro atoms. The van der Waals surface area contributed by atoms with Gasteiger partial charge in [0.05, 0.1) is 0 Å². The average Bonchev–Trinajstić information content (AvgIpc) is 2.87. The minimum absolute atomic E-state index is 0.115. The maximum absolute atomic E-state index is 13.0. The van der Waals surface area contributed by atoms with Crippen LogP contribution < -0.4 is 16.0 Å². The van der Waals surface area contributed by atoms with Gasteiger partial charge in [-0.1, -0.05) is 18.2 Å². The summed E-state index contributed by atoms with van der Waals surface area (Å²) in [4.78, 5) is 51.5. The molecular formula is C27H24N6O3. The zero-order valence-corrected chi connectivity index (χ0v) is 20.0. The summed E-state index contributed by atoms with van der Waals surface area (Å²) in [6, 6.07) is 14.7. The molecule has 3 amide bonds. The first-order valence-corrected chi connectivity index (χ1v) is 11.1. The number of benzene rings is 1. The summed E-state index contributed by atoms with van der Waals surface area (Å²) >= 11 is 0. The Kier molecular flexibility index (Phi) is 7.10. The number of carbonyl (C=O) groups excluding carboxylic acids is 3. The molecule has 3 heterocycles. The van der Waals surface area contributed by atoms with Crippen molar-refractivity contribution in [2.45, 2.75) is 20.8 Å². The first-order valence-electron chi connectivity index (χ1n) is 11.1. The fourth-order valence-electron chi connectivity index (χ4n) is 3.21. The van der Waals surface area contributed by atoms with E-state index in [0.717, 1.165) is 16.7 Å². The Hall–Kier alpha value is -4.92. The van der Waals surface area contributed by atoms with Crippen LogP contribution in [0.2, 0.25) is 0 Å². The fraction of sp³-hybridized carbons (Fsp3) is 0.111. The van der Waals surface area contributed by atoms with E-state index >= 15 is 0 Å². The number of carbonyl (C=O) groups is 3. The van der Waals surface area contributed by atoms with Crippen molar-refractivity contribution in [2.75, 3.05) is 16.0 Å². The summed E-state index contributed by atoms with van der Waals surface area (Å²) in [6.07, 6.45) is 4.88. The molecule has 0 radical (unpaired) electrons. The highest BCUT2D eigenvalue weighted by Gasteiger charge is 2.18. The molecule has 3 aromatic heterocycles.